The van der Waals surface area contributed by atoms with Crippen LogP contribution >= 0.6 is 11.3 Å². The van der Waals surface area contributed by atoms with E-state index in [1.807, 2.05) is 26.0 Å². The topological polar surface area (TPSA) is 57.8 Å². The standard InChI is InChI=1S/C20H18BN3OS/c21-15-9-16-14(8-13(15)20(25)22-10-11-5-6-11)19(24-23-16)18-7-12-3-1-2-4-17(12)26-18/h1-4,7-9,11H,5-6,10,21H2,(H,22,25)(H,23,24). The van der Waals surface area contributed by atoms with Crippen molar-refractivity contribution < 1.29 is 4.79 Å². The van der Waals surface area contributed by atoms with Crippen LogP contribution in [0.1, 0.15) is 23.2 Å². The van der Waals surface area contributed by atoms with Crippen LogP contribution in [-0.2, 0) is 0 Å². The molecular formula is C20H18BN3OS. The van der Waals surface area contributed by atoms with Gasteiger partial charge in [0, 0.05) is 22.2 Å². The fourth-order valence-corrected chi connectivity index (χ4v) is 4.42. The summed E-state index contributed by atoms with van der Waals surface area (Å²) in [4.78, 5) is 13.7. The van der Waals surface area contributed by atoms with Gasteiger partial charge in [0.25, 0.3) is 5.91 Å². The van der Waals surface area contributed by atoms with Gasteiger partial charge in [0.2, 0.25) is 0 Å². The molecule has 0 bridgehead atoms. The molecule has 4 aromatic rings. The summed E-state index contributed by atoms with van der Waals surface area (Å²) < 4.78 is 1.24. The average Bonchev–Trinajstić information content (AvgIpc) is 3.23. The van der Waals surface area contributed by atoms with Crippen molar-refractivity contribution in [1.29, 1.82) is 0 Å². The van der Waals surface area contributed by atoms with E-state index in [0.29, 0.717) is 5.92 Å². The van der Waals surface area contributed by atoms with Crippen LogP contribution in [0.5, 0.6) is 0 Å². The van der Waals surface area contributed by atoms with E-state index >= 15 is 0 Å². The molecule has 2 aromatic carbocycles. The highest BCUT2D eigenvalue weighted by Crippen LogP contribution is 2.35. The third-order valence-electron chi connectivity index (χ3n) is 5.06. The van der Waals surface area contributed by atoms with Crippen LogP contribution in [0.3, 0.4) is 0 Å². The molecule has 0 spiro atoms. The molecule has 0 saturated heterocycles. The second-order valence-corrected chi connectivity index (χ2v) is 8.17. The normalized spacial score (nSPS) is 14.2. The van der Waals surface area contributed by atoms with Gasteiger partial charge < -0.3 is 5.32 Å². The van der Waals surface area contributed by atoms with E-state index in [2.05, 4.69) is 39.8 Å². The van der Waals surface area contributed by atoms with Crippen LogP contribution in [-0.4, -0.2) is 30.5 Å². The van der Waals surface area contributed by atoms with E-state index in [1.165, 1.54) is 22.9 Å². The number of hydrogen-bond donors (Lipinski definition) is 2. The first-order valence-electron chi connectivity index (χ1n) is 8.95. The zero-order valence-corrected chi connectivity index (χ0v) is 15.3. The summed E-state index contributed by atoms with van der Waals surface area (Å²) in [6.45, 7) is 0.783. The van der Waals surface area contributed by atoms with Gasteiger partial charge in [0.05, 0.1) is 10.4 Å². The van der Waals surface area contributed by atoms with Crippen LogP contribution in [0.25, 0.3) is 31.6 Å². The van der Waals surface area contributed by atoms with Gasteiger partial charge >= 0.3 is 0 Å². The molecule has 0 radical (unpaired) electrons. The molecule has 5 rings (SSSR count). The minimum absolute atomic E-state index is 0.0137. The van der Waals surface area contributed by atoms with E-state index in [0.717, 1.165) is 39.0 Å². The molecule has 1 fully saturated rings. The Labute approximate surface area is 156 Å². The minimum Gasteiger partial charge on any atom is -0.352 e. The fourth-order valence-electron chi connectivity index (χ4n) is 3.36. The van der Waals surface area contributed by atoms with E-state index in [4.69, 9.17) is 0 Å². The number of carbonyl (C=O) groups is 1. The molecule has 0 aliphatic heterocycles. The number of nitrogens with one attached hydrogen (secondary N) is 2. The molecule has 128 valence electrons. The van der Waals surface area contributed by atoms with Crippen molar-refractivity contribution in [3.05, 3.63) is 48.0 Å². The highest BCUT2D eigenvalue weighted by Gasteiger charge is 2.22. The molecule has 1 saturated carbocycles. The summed E-state index contributed by atoms with van der Waals surface area (Å²) in [6, 6.07) is 14.5. The van der Waals surface area contributed by atoms with E-state index in [1.54, 1.807) is 11.3 Å². The summed E-state index contributed by atoms with van der Waals surface area (Å²) in [5, 5.41) is 13.0. The minimum atomic E-state index is 0.0137. The number of amides is 1. The Balaban J connectivity index is 1.57. The Kier molecular flexibility index (Phi) is 3.60. The van der Waals surface area contributed by atoms with Gasteiger partial charge in [-0.15, -0.1) is 11.3 Å². The summed E-state index contributed by atoms with van der Waals surface area (Å²) in [7, 11) is 1.98. The summed E-state index contributed by atoms with van der Waals surface area (Å²) in [6.07, 6.45) is 2.46. The first kappa shape index (κ1) is 15.6. The quantitative estimate of drug-likeness (QED) is 0.551. The Morgan fingerprint density at radius 3 is 2.92 bits per heavy atom. The van der Waals surface area contributed by atoms with Crippen LogP contribution in [0.4, 0.5) is 0 Å². The van der Waals surface area contributed by atoms with E-state index in [9.17, 15) is 4.79 Å². The Morgan fingerprint density at radius 1 is 1.27 bits per heavy atom. The lowest BCUT2D eigenvalue weighted by atomic mass is 9.88. The maximum atomic E-state index is 12.6. The van der Waals surface area contributed by atoms with Gasteiger partial charge in [-0.2, -0.15) is 5.10 Å². The van der Waals surface area contributed by atoms with Gasteiger partial charge in [0.1, 0.15) is 13.5 Å². The van der Waals surface area contributed by atoms with Gasteiger partial charge in [-0.25, -0.2) is 0 Å². The predicted octanol–water partition coefficient (Wildman–Crippen LogP) is 2.84. The Hall–Kier alpha value is -2.60. The first-order valence-corrected chi connectivity index (χ1v) is 9.76. The summed E-state index contributed by atoms with van der Waals surface area (Å²) >= 11 is 1.73. The monoisotopic (exact) mass is 359 g/mol. The molecule has 26 heavy (non-hydrogen) atoms. The number of thiophene rings is 1. The largest absolute Gasteiger partial charge is 0.352 e. The van der Waals surface area contributed by atoms with E-state index in [-0.39, 0.29) is 5.91 Å². The summed E-state index contributed by atoms with van der Waals surface area (Å²) in [5.74, 6) is 0.686. The number of nitrogens with zero attached hydrogens (tertiary/aromatic N) is 1. The lowest BCUT2D eigenvalue weighted by Gasteiger charge is -2.08. The van der Waals surface area contributed by atoms with E-state index < -0.39 is 0 Å². The van der Waals surface area contributed by atoms with Crippen molar-refractivity contribution in [3.8, 4) is 10.6 Å². The SMILES string of the molecule is Bc1cc2[nH]nc(-c3cc4ccccc4s3)c2cc1C(=O)NCC1CC1. The average molecular weight is 359 g/mol. The number of rotatable bonds is 4. The Morgan fingerprint density at radius 2 is 2.12 bits per heavy atom. The summed E-state index contributed by atoms with van der Waals surface area (Å²) in [5.41, 5.74) is 3.59. The van der Waals surface area contributed by atoms with Crippen molar-refractivity contribution in [3.63, 3.8) is 0 Å². The zero-order valence-electron chi connectivity index (χ0n) is 14.5. The van der Waals surface area contributed by atoms with Crippen LogP contribution < -0.4 is 10.8 Å². The van der Waals surface area contributed by atoms with Crippen LogP contribution in [0.15, 0.2) is 42.5 Å². The predicted molar refractivity (Wildman–Crippen MR) is 110 cm³/mol. The highest BCUT2D eigenvalue weighted by molar-refractivity contribution is 7.22. The smallest absolute Gasteiger partial charge is 0.250 e. The molecule has 1 amide bonds. The molecule has 0 atom stereocenters. The number of hydrogen-bond acceptors (Lipinski definition) is 3. The van der Waals surface area contributed by atoms with Crippen molar-refractivity contribution >= 4 is 51.5 Å². The van der Waals surface area contributed by atoms with Crippen molar-refractivity contribution in [2.75, 3.05) is 6.54 Å². The molecule has 1 aliphatic rings. The number of carbonyl (C=O) groups excluding carboxylic acids is 1. The lowest BCUT2D eigenvalue weighted by molar-refractivity contribution is 0.0953. The van der Waals surface area contributed by atoms with Crippen molar-refractivity contribution in [2.24, 2.45) is 5.92 Å². The van der Waals surface area contributed by atoms with Crippen LogP contribution in [0.2, 0.25) is 0 Å². The maximum Gasteiger partial charge on any atom is 0.250 e. The molecule has 2 aromatic heterocycles. The lowest BCUT2D eigenvalue weighted by Crippen LogP contribution is -2.30. The van der Waals surface area contributed by atoms with Gasteiger partial charge in [-0.3, -0.25) is 9.89 Å². The Bertz CT molecular complexity index is 1110. The number of aromatic amines is 1. The maximum absolute atomic E-state index is 12.6. The van der Waals surface area contributed by atoms with Gasteiger partial charge in [0.15, 0.2) is 0 Å². The molecule has 0 unspecified atom stereocenters. The van der Waals surface area contributed by atoms with Crippen molar-refractivity contribution in [2.45, 2.75) is 12.8 Å². The highest BCUT2D eigenvalue weighted by atomic mass is 32.1. The second-order valence-electron chi connectivity index (χ2n) is 7.09. The van der Waals surface area contributed by atoms with Crippen molar-refractivity contribution in [1.82, 2.24) is 15.5 Å². The zero-order chi connectivity index (χ0) is 17.7. The third-order valence-corrected chi connectivity index (χ3v) is 6.18. The fraction of sp³-hybridized carbons (Fsp3) is 0.200. The molecular weight excluding hydrogens is 341 g/mol. The molecule has 6 heteroatoms. The number of H-pyrrole nitrogens is 1. The van der Waals surface area contributed by atoms with Crippen LogP contribution in [0, 0.1) is 5.92 Å². The third kappa shape index (κ3) is 2.70. The number of benzene rings is 2. The van der Waals surface area contributed by atoms with Gasteiger partial charge in [-0.1, -0.05) is 23.7 Å². The first-order chi connectivity index (χ1) is 12.7. The van der Waals surface area contributed by atoms with Gasteiger partial charge in [-0.05, 0) is 48.4 Å². The molecule has 1 aliphatic carbocycles. The second kappa shape index (κ2) is 5.99. The molecule has 4 nitrogen and oxygen atoms in total. The number of fused-ring (bicyclic) bond motifs is 2. The molecule has 2 N–H and O–H groups in total. The molecule has 2 heterocycles. The number of aromatic nitrogens is 2.